The number of piperidine rings is 3. The predicted octanol–water partition coefficient (Wildman–Crippen LogP) is 0.654. The Bertz CT molecular complexity index is 373. The van der Waals surface area contributed by atoms with Gasteiger partial charge in [0, 0.05) is 13.1 Å². The molecule has 2 amide bonds. The Morgan fingerprint density at radius 3 is 2.71 bits per heavy atom. The number of rotatable bonds is 2. The maximum Gasteiger partial charge on any atom is 0.346 e. The molecule has 1 unspecified atom stereocenters. The largest absolute Gasteiger partial charge is 0.385 e. The van der Waals surface area contributed by atoms with Crippen molar-refractivity contribution in [2.24, 2.45) is 16.6 Å². The number of hydrogen-bond donors (Lipinski definition) is 1. The van der Waals surface area contributed by atoms with E-state index in [0.29, 0.717) is 11.8 Å². The molecule has 3 saturated heterocycles. The lowest BCUT2D eigenvalue weighted by Gasteiger charge is -2.54. The van der Waals surface area contributed by atoms with Crippen LogP contribution in [0.2, 0.25) is 0 Å². The number of amides is 2. The first-order valence-corrected chi connectivity index (χ1v) is 6.57. The number of carbonyl (C=O) groups is 1. The van der Waals surface area contributed by atoms with E-state index < -0.39 is 0 Å². The molecule has 5 heteroatoms. The molecule has 1 atom stereocenters. The molecular weight excluding hydrogens is 216 g/mol. The molecule has 2 N–H and O–H groups in total. The summed E-state index contributed by atoms with van der Waals surface area (Å²) in [4.78, 5) is 20.4. The summed E-state index contributed by atoms with van der Waals surface area (Å²) in [5, 5.41) is 0. The van der Waals surface area contributed by atoms with Crippen molar-refractivity contribution in [3.05, 3.63) is 0 Å². The van der Waals surface area contributed by atoms with Crippen LogP contribution in [0.15, 0.2) is 4.99 Å². The van der Waals surface area contributed by atoms with Crippen LogP contribution >= 0.6 is 0 Å². The summed E-state index contributed by atoms with van der Waals surface area (Å²) in [6, 6.07) is -0.127. The Balaban J connectivity index is 1.98. The van der Waals surface area contributed by atoms with Gasteiger partial charge in [-0.1, -0.05) is 6.92 Å². The minimum absolute atomic E-state index is 0.127. The van der Waals surface area contributed by atoms with Crippen molar-refractivity contribution < 1.29 is 4.79 Å². The SMILES string of the molecule is CCCN1C(=O)N=C(N)C12CN1CCC2CC1. The zero-order chi connectivity index (χ0) is 12.0. The molecule has 94 valence electrons. The van der Waals surface area contributed by atoms with Gasteiger partial charge < -0.3 is 15.5 Å². The summed E-state index contributed by atoms with van der Waals surface area (Å²) < 4.78 is 0. The first-order chi connectivity index (χ1) is 8.18. The highest BCUT2D eigenvalue weighted by atomic mass is 16.2. The van der Waals surface area contributed by atoms with E-state index in [4.69, 9.17) is 5.73 Å². The van der Waals surface area contributed by atoms with E-state index in [0.717, 1.165) is 45.4 Å². The number of carbonyl (C=O) groups excluding carboxylic acids is 1. The van der Waals surface area contributed by atoms with Crippen molar-refractivity contribution in [2.75, 3.05) is 26.2 Å². The highest BCUT2D eigenvalue weighted by molar-refractivity contribution is 6.06. The van der Waals surface area contributed by atoms with E-state index >= 15 is 0 Å². The summed E-state index contributed by atoms with van der Waals surface area (Å²) in [5.74, 6) is 1.07. The molecule has 4 aliphatic heterocycles. The van der Waals surface area contributed by atoms with Crippen LogP contribution in [0.1, 0.15) is 26.2 Å². The number of fused-ring (bicyclic) bond motifs is 2. The Hall–Kier alpha value is -1.10. The molecule has 3 fully saturated rings. The fraction of sp³-hybridized carbons (Fsp3) is 0.833. The number of hydrogen-bond acceptors (Lipinski definition) is 3. The molecule has 0 aliphatic carbocycles. The van der Waals surface area contributed by atoms with Crippen molar-refractivity contribution >= 4 is 11.9 Å². The average Bonchev–Trinajstić information content (AvgIpc) is 2.56. The van der Waals surface area contributed by atoms with Crippen molar-refractivity contribution in [3.8, 4) is 0 Å². The Morgan fingerprint density at radius 2 is 2.18 bits per heavy atom. The van der Waals surface area contributed by atoms with E-state index in [-0.39, 0.29) is 11.6 Å². The van der Waals surface area contributed by atoms with Crippen molar-refractivity contribution in [2.45, 2.75) is 31.7 Å². The molecule has 5 nitrogen and oxygen atoms in total. The van der Waals surface area contributed by atoms with Gasteiger partial charge in [-0.05, 0) is 38.3 Å². The van der Waals surface area contributed by atoms with Gasteiger partial charge in [0.15, 0.2) is 0 Å². The van der Waals surface area contributed by atoms with Gasteiger partial charge in [-0.2, -0.15) is 4.99 Å². The van der Waals surface area contributed by atoms with Crippen LogP contribution in [0, 0.1) is 5.92 Å². The van der Waals surface area contributed by atoms with Crippen LogP contribution in [-0.4, -0.2) is 53.4 Å². The molecule has 4 heterocycles. The molecule has 17 heavy (non-hydrogen) atoms. The van der Waals surface area contributed by atoms with Gasteiger partial charge in [0.1, 0.15) is 11.4 Å². The minimum atomic E-state index is -0.274. The van der Waals surface area contributed by atoms with Crippen molar-refractivity contribution in [3.63, 3.8) is 0 Å². The number of aliphatic imine (C=N–C) groups is 1. The summed E-state index contributed by atoms with van der Waals surface area (Å²) in [5.41, 5.74) is 5.83. The molecular formula is C12H20N4O. The van der Waals surface area contributed by atoms with Gasteiger partial charge in [0.05, 0.1) is 0 Å². The second-order valence-electron chi connectivity index (χ2n) is 5.41. The lowest BCUT2D eigenvalue weighted by molar-refractivity contribution is -0.00494. The Morgan fingerprint density at radius 1 is 1.47 bits per heavy atom. The van der Waals surface area contributed by atoms with Gasteiger partial charge in [0.25, 0.3) is 0 Å². The fourth-order valence-corrected chi connectivity index (χ4v) is 3.72. The van der Waals surface area contributed by atoms with E-state index in [1.807, 2.05) is 4.90 Å². The maximum absolute atomic E-state index is 12.0. The van der Waals surface area contributed by atoms with Gasteiger partial charge in [-0.15, -0.1) is 0 Å². The summed E-state index contributed by atoms with van der Waals surface area (Å²) >= 11 is 0. The standard InChI is InChI=1S/C12H20N4O/c1-2-5-16-11(17)14-10(13)12(16)8-15-6-3-9(12)4-7-15/h9H,2-8H2,1H3,(H2,13,14,17). The molecule has 0 aromatic heterocycles. The second-order valence-corrected chi connectivity index (χ2v) is 5.41. The molecule has 4 rings (SSSR count). The van der Waals surface area contributed by atoms with Crippen LogP contribution in [0.25, 0.3) is 0 Å². The number of nitrogens with two attached hydrogens (primary N) is 1. The first-order valence-electron chi connectivity index (χ1n) is 6.57. The molecule has 0 aromatic rings. The van der Waals surface area contributed by atoms with Gasteiger partial charge in [-0.25, -0.2) is 4.79 Å². The first kappa shape index (κ1) is 11.0. The molecule has 2 bridgehead atoms. The lowest BCUT2D eigenvalue weighted by Crippen LogP contribution is -2.70. The van der Waals surface area contributed by atoms with E-state index in [1.165, 1.54) is 0 Å². The van der Waals surface area contributed by atoms with Crippen LogP contribution in [0.4, 0.5) is 4.79 Å². The zero-order valence-corrected chi connectivity index (χ0v) is 10.4. The highest BCUT2D eigenvalue weighted by Gasteiger charge is 2.57. The van der Waals surface area contributed by atoms with Gasteiger partial charge in [-0.3, -0.25) is 0 Å². The third-order valence-corrected chi connectivity index (χ3v) is 4.55. The quantitative estimate of drug-likeness (QED) is 0.766. The number of nitrogens with zero attached hydrogens (tertiary/aromatic N) is 3. The Kier molecular flexibility index (Phi) is 2.40. The van der Waals surface area contributed by atoms with Gasteiger partial charge >= 0.3 is 6.03 Å². The lowest BCUT2D eigenvalue weighted by atomic mass is 9.71. The summed E-state index contributed by atoms with van der Waals surface area (Å²) in [6.07, 6.45) is 3.25. The average molecular weight is 236 g/mol. The topological polar surface area (TPSA) is 61.9 Å². The van der Waals surface area contributed by atoms with Crippen LogP contribution in [-0.2, 0) is 0 Å². The predicted molar refractivity (Wildman–Crippen MR) is 65.9 cm³/mol. The van der Waals surface area contributed by atoms with Crippen molar-refractivity contribution in [1.82, 2.24) is 9.80 Å². The molecule has 0 saturated carbocycles. The smallest absolute Gasteiger partial charge is 0.346 e. The van der Waals surface area contributed by atoms with Crippen LogP contribution in [0.5, 0.6) is 0 Å². The minimum Gasteiger partial charge on any atom is -0.385 e. The summed E-state index contributed by atoms with van der Waals surface area (Å²) in [6.45, 7) is 6.05. The molecule has 0 aromatic carbocycles. The van der Waals surface area contributed by atoms with Crippen LogP contribution in [0.3, 0.4) is 0 Å². The fourth-order valence-electron chi connectivity index (χ4n) is 3.72. The van der Waals surface area contributed by atoms with Crippen LogP contribution < -0.4 is 5.73 Å². The monoisotopic (exact) mass is 236 g/mol. The highest BCUT2D eigenvalue weighted by Crippen LogP contribution is 2.42. The third kappa shape index (κ3) is 1.35. The van der Waals surface area contributed by atoms with Crippen molar-refractivity contribution in [1.29, 1.82) is 0 Å². The second kappa shape index (κ2) is 3.70. The van der Waals surface area contributed by atoms with E-state index in [2.05, 4.69) is 16.8 Å². The molecule has 0 radical (unpaired) electrons. The number of amidine groups is 1. The summed E-state index contributed by atoms with van der Waals surface area (Å²) in [7, 11) is 0. The zero-order valence-electron chi connectivity index (χ0n) is 10.4. The molecule has 1 spiro atoms. The third-order valence-electron chi connectivity index (χ3n) is 4.55. The van der Waals surface area contributed by atoms with Gasteiger partial charge in [0.2, 0.25) is 0 Å². The maximum atomic E-state index is 12.0. The molecule has 4 aliphatic rings. The van der Waals surface area contributed by atoms with E-state index in [1.54, 1.807) is 0 Å². The number of urea groups is 1. The van der Waals surface area contributed by atoms with E-state index in [9.17, 15) is 4.79 Å². The Labute approximate surface area is 102 Å². The normalized spacial score (nSPS) is 40.2.